The van der Waals surface area contributed by atoms with Crippen molar-refractivity contribution in [1.82, 2.24) is 0 Å². The monoisotopic (exact) mass is 188 g/mol. The zero-order valence-electron chi connectivity index (χ0n) is 8.75. The van der Waals surface area contributed by atoms with Gasteiger partial charge in [-0.05, 0) is 20.8 Å². The van der Waals surface area contributed by atoms with Crippen LogP contribution in [0.5, 0.6) is 0 Å². The van der Waals surface area contributed by atoms with E-state index < -0.39 is 0 Å². The molecule has 1 N–H and O–H groups in total. The smallest absolute Gasteiger partial charge is 0.161 e. The van der Waals surface area contributed by atoms with Crippen LogP contribution in [0.2, 0.25) is 0 Å². The van der Waals surface area contributed by atoms with E-state index >= 15 is 0 Å². The van der Waals surface area contributed by atoms with E-state index in [0.717, 1.165) is 12.0 Å². The van der Waals surface area contributed by atoms with Crippen molar-refractivity contribution in [3.63, 3.8) is 0 Å². The van der Waals surface area contributed by atoms with E-state index in [0.29, 0.717) is 13.2 Å². The second-order valence-corrected chi connectivity index (χ2v) is 2.78. The van der Waals surface area contributed by atoms with Crippen molar-refractivity contribution in [2.24, 2.45) is 0 Å². The molecular weight excluding hydrogens is 168 g/mol. The largest absolute Gasteiger partial charge is 0.392 e. The van der Waals surface area contributed by atoms with Gasteiger partial charge >= 0.3 is 0 Å². The third kappa shape index (κ3) is 6.75. The Morgan fingerprint density at radius 1 is 1.31 bits per heavy atom. The molecule has 0 amide bonds. The molecule has 0 aliphatic carbocycles. The lowest BCUT2D eigenvalue weighted by atomic mass is 10.2. The zero-order valence-corrected chi connectivity index (χ0v) is 8.75. The molecule has 0 saturated heterocycles. The molecule has 0 atom stereocenters. The molecule has 0 aromatic rings. The molecular formula is C10H20O3. The Balaban J connectivity index is 3.85. The minimum atomic E-state index is -0.169. The first kappa shape index (κ1) is 12.6. The summed E-state index contributed by atoms with van der Waals surface area (Å²) in [6, 6.07) is 0. The fourth-order valence-electron chi connectivity index (χ4n) is 1.04. The maximum absolute atomic E-state index is 8.65. The Bertz CT molecular complexity index is 137. The van der Waals surface area contributed by atoms with Crippen molar-refractivity contribution in [2.75, 3.05) is 19.8 Å². The molecule has 0 rings (SSSR count). The van der Waals surface area contributed by atoms with Gasteiger partial charge in [-0.15, -0.1) is 0 Å². The van der Waals surface area contributed by atoms with E-state index in [-0.39, 0.29) is 12.9 Å². The Kier molecular flexibility index (Phi) is 7.99. The first-order valence-electron chi connectivity index (χ1n) is 4.74. The summed E-state index contributed by atoms with van der Waals surface area (Å²) < 4.78 is 10.7. The van der Waals surface area contributed by atoms with E-state index in [1.54, 1.807) is 6.08 Å². The Morgan fingerprint density at radius 2 is 1.85 bits per heavy atom. The van der Waals surface area contributed by atoms with Crippen LogP contribution in [0.4, 0.5) is 0 Å². The number of ether oxygens (including phenoxy) is 2. The molecule has 0 saturated carbocycles. The minimum absolute atomic E-state index is 0.0802. The quantitative estimate of drug-likeness (QED) is 0.488. The lowest BCUT2D eigenvalue weighted by Crippen LogP contribution is -2.17. The number of aliphatic hydroxyl groups excluding tert-OH is 1. The number of hydrogen-bond acceptors (Lipinski definition) is 3. The Hall–Kier alpha value is -0.380. The van der Waals surface area contributed by atoms with Crippen molar-refractivity contribution in [2.45, 2.75) is 33.5 Å². The van der Waals surface area contributed by atoms with Gasteiger partial charge < -0.3 is 14.6 Å². The van der Waals surface area contributed by atoms with Crippen LogP contribution in [-0.2, 0) is 9.47 Å². The second-order valence-electron chi connectivity index (χ2n) is 2.78. The summed E-state index contributed by atoms with van der Waals surface area (Å²) in [5.74, 6) is 0. The van der Waals surface area contributed by atoms with Crippen LogP contribution >= 0.6 is 0 Å². The van der Waals surface area contributed by atoms with Gasteiger partial charge in [-0.3, -0.25) is 0 Å². The van der Waals surface area contributed by atoms with Crippen molar-refractivity contribution in [3.05, 3.63) is 11.6 Å². The van der Waals surface area contributed by atoms with Gasteiger partial charge in [0.25, 0.3) is 0 Å². The van der Waals surface area contributed by atoms with Crippen LogP contribution in [0.25, 0.3) is 0 Å². The highest BCUT2D eigenvalue weighted by molar-refractivity contribution is 4.98. The van der Waals surface area contributed by atoms with Crippen LogP contribution < -0.4 is 0 Å². The van der Waals surface area contributed by atoms with E-state index in [9.17, 15) is 0 Å². The predicted molar refractivity (Wildman–Crippen MR) is 52.5 cm³/mol. The predicted octanol–water partition coefficient (Wildman–Crippen LogP) is 1.71. The fraction of sp³-hybridized carbons (Fsp3) is 0.800. The van der Waals surface area contributed by atoms with Crippen LogP contribution in [0.1, 0.15) is 27.2 Å². The lowest BCUT2D eigenvalue weighted by molar-refractivity contribution is -0.134. The second kappa shape index (κ2) is 8.23. The molecule has 0 aromatic carbocycles. The normalized spacial score (nSPS) is 12.5. The SMILES string of the molecule is CCOC(CC(C)=CCO)OCC. The minimum Gasteiger partial charge on any atom is -0.392 e. The molecule has 78 valence electrons. The first-order chi connectivity index (χ1) is 6.24. The molecule has 0 bridgehead atoms. The molecule has 0 spiro atoms. The summed E-state index contributed by atoms with van der Waals surface area (Å²) in [5.41, 5.74) is 1.09. The van der Waals surface area contributed by atoms with Crippen molar-refractivity contribution < 1.29 is 14.6 Å². The summed E-state index contributed by atoms with van der Waals surface area (Å²) in [5, 5.41) is 8.65. The summed E-state index contributed by atoms with van der Waals surface area (Å²) >= 11 is 0. The van der Waals surface area contributed by atoms with E-state index in [2.05, 4.69) is 0 Å². The average molecular weight is 188 g/mol. The highest BCUT2D eigenvalue weighted by Gasteiger charge is 2.07. The summed E-state index contributed by atoms with van der Waals surface area (Å²) in [6.07, 6.45) is 2.32. The summed E-state index contributed by atoms with van der Waals surface area (Å²) in [4.78, 5) is 0. The molecule has 3 heteroatoms. The summed E-state index contributed by atoms with van der Waals surface area (Å²) in [6.45, 7) is 7.22. The first-order valence-corrected chi connectivity index (χ1v) is 4.74. The lowest BCUT2D eigenvalue weighted by Gasteiger charge is -2.16. The number of hydrogen-bond donors (Lipinski definition) is 1. The molecule has 13 heavy (non-hydrogen) atoms. The van der Waals surface area contributed by atoms with Gasteiger partial charge in [0.2, 0.25) is 0 Å². The molecule has 0 heterocycles. The Morgan fingerprint density at radius 3 is 2.23 bits per heavy atom. The number of aliphatic hydroxyl groups is 1. The van der Waals surface area contributed by atoms with Gasteiger partial charge in [-0.1, -0.05) is 11.6 Å². The highest BCUT2D eigenvalue weighted by atomic mass is 16.7. The van der Waals surface area contributed by atoms with E-state index in [1.165, 1.54) is 0 Å². The van der Waals surface area contributed by atoms with Gasteiger partial charge in [-0.2, -0.15) is 0 Å². The van der Waals surface area contributed by atoms with Crippen LogP contribution in [0.15, 0.2) is 11.6 Å². The van der Waals surface area contributed by atoms with Gasteiger partial charge in [-0.25, -0.2) is 0 Å². The third-order valence-electron chi connectivity index (χ3n) is 1.63. The standard InChI is InChI=1S/C10H20O3/c1-4-12-10(13-5-2)8-9(3)6-7-11/h6,10-11H,4-5,7-8H2,1-3H3. The summed E-state index contributed by atoms with van der Waals surface area (Å²) in [7, 11) is 0. The van der Waals surface area contributed by atoms with Crippen LogP contribution in [-0.4, -0.2) is 31.2 Å². The van der Waals surface area contributed by atoms with Gasteiger partial charge in [0.15, 0.2) is 6.29 Å². The van der Waals surface area contributed by atoms with Gasteiger partial charge in [0, 0.05) is 19.6 Å². The van der Waals surface area contributed by atoms with Gasteiger partial charge in [0.05, 0.1) is 6.61 Å². The molecule has 0 aliphatic heterocycles. The molecule has 3 nitrogen and oxygen atoms in total. The third-order valence-corrected chi connectivity index (χ3v) is 1.63. The molecule has 0 aliphatic rings. The molecule has 0 unspecified atom stereocenters. The van der Waals surface area contributed by atoms with Crippen molar-refractivity contribution in [3.8, 4) is 0 Å². The molecule has 0 radical (unpaired) electrons. The molecule has 0 aromatic heterocycles. The van der Waals surface area contributed by atoms with Crippen LogP contribution in [0, 0.1) is 0 Å². The zero-order chi connectivity index (χ0) is 10.1. The van der Waals surface area contributed by atoms with Crippen molar-refractivity contribution in [1.29, 1.82) is 0 Å². The van der Waals surface area contributed by atoms with Crippen LogP contribution in [0.3, 0.4) is 0 Å². The maximum atomic E-state index is 8.65. The molecule has 0 fully saturated rings. The average Bonchev–Trinajstić information content (AvgIpc) is 2.05. The fourth-order valence-corrected chi connectivity index (χ4v) is 1.04. The topological polar surface area (TPSA) is 38.7 Å². The van der Waals surface area contributed by atoms with Gasteiger partial charge in [0.1, 0.15) is 0 Å². The van der Waals surface area contributed by atoms with E-state index in [4.69, 9.17) is 14.6 Å². The maximum Gasteiger partial charge on any atom is 0.161 e. The van der Waals surface area contributed by atoms with Crippen molar-refractivity contribution >= 4 is 0 Å². The highest BCUT2D eigenvalue weighted by Crippen LogP contribution is 2.09. The Labute approximate surface area is 80.4 Å². The number of rotatable bonds is 7. The van der Waals surface area contributed by atoms with E-state index in [1.807, 2.05) is 20.8 Å².